The Morgan fingerprint density at radius 1 is 0.774 bits per heavy atom. The van der Waals surface area contributed by atoms with Gasteiger partial charge in [0.25, 0.3) is 11.8 Å². The Bertz CT molecular complexity index is 893. The lowest BCUT2D eigenvalue weighted by Gasteiger charge is -2.13. The van der Waals surface area contributed by atoms with Crippen molar-refractivity contribution in [3.05, 3.63) is 65.5 Å². The van der Waals surface area contributed by atoms with Crippen LogP contribution in [-0.4, -0.2) is 29.2 Å². The number of hydrogen-bond acceptors (Lipinski definition) is 3. The van der Waals surface area contributed by atoms with E-state index >= 15 is 0 Å². The Labute approximate surface area is 182 Å². The molecule has 3 rings (SSSR count). The number of halogens is 1. The predicted octanol–water partition coefficient (Wildman–Crippen LogP) is 5.57. The lowest BCUT2D eigenvalue weighted by molar-refractivity contribution is -0.116. The summed E-state index contributed by atoms with van der Waals surface area (Å²) in [4.78, 5) is 37.8. The minimum absolute atomic E-state index is 0.0845. The normalized spacial score (nSPS) is 12.9. The van der Waals surface area contributed by atoms with Gasteiger partial charge in [0.1, 0.15) is 5.82 Å². The summed E-state index contributed by atoms with van der Waals surface area (Å²) in [6.45, 7) is 0.479. The molecule has 0 aliphatic carbocycles. The van der Waals surface area contributed by atoms with Crippen molar-refractivity contribution in [3.8, 4) is 0 Å². The molecule has 2 aromatic rings. The van der Waals surface area contributed by atoms with Crippen LogP contribution in [-0.2, 0) is 4.79 Å². The molecule has 0 atom stereocenters. The van der Waals surface area contributed by atoms with E-state index in [0.29, 0.717) is 29.8 Å². The molecule has 2 aromatic carbocycles. The van der Waals surface area contributed by atoms with E-state index in [1.54, 1.807) is 36.4 Å². The molecule has 0 fully saturated rings. The van der Waals surface area contributed by atoms with Gasteiger partial charge in [-0.2, -0.15) is 0 Å². The van der Waals surface area contributed by atoms with Crippen LogP contribution < -0.4 is 5.32 Å². The van der Waals surface area contributed by atoms with Crippen molar-refractivity contribution >= 4 is 23.4 Å². The summed E-state index contributed by atoms with van der Waals surface area (Å²) in [6, 6.07) is 12.9. The van der Waals surface area contributed by atoms with Crippen LogP contribution in [0.4, 0.5) is 10.1 Å². The van der Waals surface area contributed by atoms with E-state index in [4.69, 9.17) is 0 Å². The molecule has 0 saturated carbocycles. The second-order valence-corrected chi connectivity index (χ2v) is 7.94. The number of amides is 3. The second-order valence-electron chi connectivity index (χ2n) is 7.94. The zero-order valence-electron chi connectivity index (χ0n) is 17.7. The van der Waals surface area contributed by atoms with Gasteiger partial charge in [-0.25, -0.2) is 4.39 Å². The fourth-order valence-electron chi connectivity index (χ4n) is 3.85. The topological polar surface area (TPSA) is 66.5 Å². The van der Waals surface area contributed by atoms with Gasteiger partial charge in [0, 0.05) is 18.7 Å². The lowest BCUT2D eigenvalue weighted by Crippen LogP contribution is -2.30. The number of benzene rings is 2. The molecule has 164 valence electrons. The third-order valence-electron chi connectivity index (χ3n) is 5.52. The number of imide groups is 1. The first kappa shape index (κ1) is 22.7. The van der Waals surface area contributed by atoms with E-state index in [1.807, 2.05) is 0 Å². The molecular weight excluding hydrogens is 395 g/mol. The Balaban J connectivity index is 1.19. The molecular formula is C25H29FN2O3. The molecule has 5 nitrogen and oxygen atoms in total. The summed E-state index contributed by atoms with van der Waals surface area (Å²) in [5, 5.41) is 2.71. The number of anilines is 1. The fraction of sp³-hybridized carbons (Fsp3) is 0.400. The standard InChI is InChI=1S/C25H29FN2O3/c26-19-12-11-13-20(18-19)27-23(29)16-7-5-3-1-2-4-6-10-17-28-24(30)21-14-8-9-15-22(21)25(28)31/h8-9,11-15,18H,1-7,10,16-17H2,(H,27,29). The monoisotopic (exact) mass is 424 g/mol. The quantitative estimate of drug-likeness (QED) is 0.358. The number of fused-ring (bicyclic) bond motifs is 1. The smallest absolute Gasteiger partial charge is 0.261 e. The molecule has 0 spiro atoms. The maximum Gasteiger partial charge on any atom is 0.261 e. The SMILES string of the molecule is O=C(CCCCCCCCCCN1C(=O)c2ccccc2C1=O)Nc1cccc(F)c1. The number of carbonyl (C=O) groups excluding carboxylic acids is 3. The van der Waals surface area contributed by atoms with Gasteiger partial charge in [-0.1, -0.05) is 56.7 Å². The number of rotatable bonds is 12. The van der Waals surface area contributed by atoms with Gasteiger partial charge in [-0.05, 0) is 43.2 Å². The van der Waals surface area contributed by atoms with Crippen molar-refractivity contribution in [3.63, 3.8) is 0 Å². The Morgan fingerprint density at radius 3 is 1.97 bits per heavy atom. The van der Waals surface area contributed by atoms with E-state index in [2.05, 4.69) is 5.32 Å². The molecule has 1 heterocycles. The molecule has 0 unspecified atom stereocenters. The third kappa shape index (κ3) is 6.48. The number of nitrogens with one attached hydrogen (secondary N) is 1. The van der Waals surface area contributed by atoms with Crippen molar-refractivity contribution < 1.29 is 18.8 Å². The highest BCUT2D eigenvalue weighted by Crippen LogP contribution is 2.23. The van der Waals surface area contributed by atoms with Gasteiger partial charge >= 0.3 is 0 Å². The summed E-state index contributed by atoms with van der Waals surface area (Å²) in [7, 11) is 0. The highest BCUT2D eigenvalue weighted by Gasteiger charge is 2.34. The molecule has 1 aliphatic rings. The van der Waals surface area contributed by atoms with Crippen molar-refractivity contribution in [2.75, 3.05) is 11.9 Å². The van der Waals surface area contributed by atoms with E-state index < -0.39 is 0 Å². The first-order chi connectivity index (χ1) is 15.1. The zero-order valence-corrected chi connectivity index (χ0v) is 17.7. The van der Waals surface area contributed by atoms with Crippen LogP contribution in [0.3, 0.4) is 0 Å². The minimum Gasteiger partial charge on any atom is -0.326 e. The molecule has 0 bridgehead atoms. The van der Waals surface area contributed by atoms with Gasteiger partial charge in [0.2, 0.25) is 5.91 Å². The summed E-state index contributed by atoms with van der Waals surface area (Å²) in [5.41, 5.74) is 1.51. The number of hydrogen-bond donors (Lipinski definition) is 1. The minimum atomic E-state index is -0.360. The van der Waals surface area contributed by atoms with Gasteiger partial charge in [0.15, 0.2) is 0 Å². The lowest BCUT2D eigenvalue weighted by atomic mass is 10.1. The maximum atomic E-state index is 13.1. The van der Waals surface area contributed by atoms with Crippen LogP contribution in [0.2, 0.25) is 0 Å². The molecule has 6 heteroatoms. The highest BCUT2D eigenvalue weighted by molar-refractivity contribution is 6.21. The fourth-order valence-corrected chi connectivity index (χ4v) is 3.85. The summed E-state index contributed by atoms with van der Waals surface area (Å²) in [6.07, 6.45) is 8.43. The maximum absolute atomic E-state index is 13.1. The average molecular weight is 425 g/mol. The third-order valence-corrected chi connectivity index (χ3v) is 5.52. The van der Waals surface area contributed by atoms with Crippen molar-refractivity contribution in [1.82, 2.24) is 4.90 Å². The Kier molecular flexibility index (Phi) is 8.33. The van der Waals surface area contributed by atoms with Crippen LogP contribution in [0.25, 0.3) is 0 Å². The molecule has 0 aromatic heterocycles. The predicted molar refractivity (Wildman–Crippen MR) is 118 cm³/mol. The number of nitrogens with zero attached hydrogens (tertiary/aromatic N) is 1. The molecule has 3 amide bonds. The summed E-state index contributed by atoms with van der Waals surface area (Å²) < 4.78 is 13.1. The molecule has 31 heavy (non-hydrogen) atoms. The molecule has 1 N–H and O–H groups in total. The van der Waals surface area contributed by atoms with Crippen molar-refractivity contribution in [2.24, 2.45) is 0 Å². The van der Waals surface area contributed by atoms with Crippen LogP contribution in [0.15, 0.2) is 48.5 Å². The largest absolute Gasteiger partial charge is 0.326 e. The highest BCUT2D eigenvalue weighted by atomic mass is 19.1. The second kappa shape index (κ2) is 11.4. The van der Waals surface area contributed by atoms with Crippen molar-refractivity contribution in [1.29, 1.82) is 0 Å². The molecule has 0 saturated heterocycles. The Morgan fingerprint density at radius 2 is 1.35 bits per heavy atom. The average Bonchev–Trinajstić information content (AvgIpc) is 3.00. The van der Waals surface area contributed by atoms with Crippen LogP contribution in [0, 0.1) is 5.82 Å². The summed E-state index contributed by atoms with van der Waals surface area (Å²) in [5.74, 6) is -0.802. The van der Waals surface area contributed by atoms with Crippen molar-refractivity contribution in [2.45, 2.75) is 57.8 Å². The van der Waals surface area contributed by atoms with Gasteiger partial charge in [-0.3, -0.25) is 19.3 Å². The van der Waals surface area contributed by atoms with E-state index in [0.717, 1.165) is 51.4 Å². The number of carbonyl (C=O) groups is 3. The zero-order chi connectivity index (χ0) is 22.1. The van der Waals surface area contributed by atoms with E-state index in [9.17, 15) is 18.8 Å². The van der Waals surface area contributed by atoms with E-state index in [1.165, 1.54) is 17.0 Å². The van der Waals surface area contributed by atoms with Gasteiger partial charge < -0.3 is 5.32 Å². The van der Waals surface area contributed by atoms with Gasteiger partial charge in [-0.15, -0.1) is 0 Å². The van der Waals surface area contributed by atoms with Crippen LogP contribution in [0.1, 0.15) is 78.5 Å². The molecule has 0 radical (unpaired) electrons. The molecule has 1 aliphatic heterocycles. The van der Waals surface area contributed by atoms with E-state index in [-0.39, 0.29) is 23.5 Å². The van der Waals surface area contributed by atoms with Crippen LogP contribution >= 0.6 is 0 Å². The van der Waals surface area contributed by atoms with Gasteiger partial charge in [0.05, 0.1) is 11.1 Å². The van der Waals surface area contributed by atoms with Crippen LogP contribution in [0.5, 0.6) is 0 Å². The summed E-state index contributed by atoms with van der Waals surface area (Å²) >= 11 is 0. The Hall–Kier alpha value is -3.02. The first-order valence-electron chi connectivity index (χ1n) is 11.1. The first-order valence-corrected chi connectivity index (χ1v) is 11.1. The number of unbranched alkanes of at least 4 members (excludes halogenated alkanes) is 7.